The van der Waals surface area contributed by atoms with Gasteiger partial charge in [0.25, 0.3) is 0 Å². The maximum absolute atomic E-state index is 12.6. The van der Waals surface area contributed by atoms with Crippen LogP contribution in [0.25, 0.3) is 0 Å². The van der Waals surface area contributed by atoms with Gasteiger partial charge in [-0.2, -0.15) is 0 Å². The van der Waals surface area contributed by atoms with Crippen LogP contribution in [0.15, 0.2) is 18.2 Å². The Morgan fingerprint density at radius 2 is 2.09 bits per heavy atom. The van der Waals surface area contributed by atoms with Gasteiger partial charge < -0.3 is 20.7 Å². The minimum absolute atomic E-state index is 0.0288. The van der Waals surface area contributed by atoms with E-state index >= 15 is 0 Å². The van der Waals surface area contributed by atoms with E-state index in [9.17, 15) is 9.59 Å². The molecule has 1 atom stereocenters. The summed E-state index contributed by atoms with van der Waals surface area (Å²) in [7, 11) is 0. The number of carbonyl (C=O) groups is 2. The fourth-order valence-electron chi connectivity index (χ4n) is 2.42. The lowest BCUT2D eigenvalue weighted by atomic mass is 9.94. The van der Waals surface area contributed by atoms with E-state index in [0.717, 1.165) is 0 Å². The fourth-order valence-corrected chi connectivity index (χ4v) is 2.42. The lowest BCUT2D eigenvalue weighted by Gasteiger charge is -2.34. The van der Waals surface area contributed by atoms with Crippen LogP contribution in [0.5, 0.6) is 5.75 Å². The largest absolute Gasteiger partial charge is 0.490 e. The molecular weight excluding hydrogens is 294 g/mol. The molecule has 0 radical (unpaired) electrons. The SMILES string of the molecule is CC(N)CC(=O)Nc1ccc2c(c1)N(C(=O)C(C)(C)C)CCO2. The highest BCUT2D eigenvalue weighted by Gasteiger charge is 2.32. The molecule has 6 heteroatoms. The molecule has 2 rings (SSSR count). The summed E-state index contributed by atoms with van der Waals surface area (Å²) >= 11 is 0. The van der Waals surface area contributed by atoms with Gasteiger partial charge in [-0.05, 0) is 25.1 Å². The molecule has 23 heavy (non-hydrogen) atoms. The highest BCUT2D eigenvalue weighted by atomic mass is 16.5. The first kappa shape index (κ1) is 17.3. The van der Waals surface area contributed by atoms with Gasteiger partial charge in [0.2, 0.25) is 11.8 Å². The van der Waals surface area contributed by atoms with Crippen LogP contribution in [0.3, 0.4) is 0 Å². The molecule has 0 fully saturated rings. The second kappa shape index (κ2) is 6.58. The molecule has 0 aliphatic carbocycles. The smallest absolute Gasteiger partial charge is 0.232 e. The lowest BCUT2D eigenvalue weighted by molar-refractivity contribution is -0.126. The summed E-state index contributed by atoms with van der Waals surface area (Å²) < 4.78 is 5.61. The Morgan fingerprint density at radius 3 is 2.70 bits per heavy atom. The average Bonchev–Trinajstić information content (AvgIpc) is 2.44. The standard InChI is InChI=1S/C17H25N3O3/c1-11(18)9-15(21)19-12-5-6-14-13(10-12)20(7-8-23-14)16(22)17(2,3)4/h5-6,10-11H,7-9,18H2,1-4H3,(H,19,21). The van der Waals surface area contributed by atoms with Gasteiger partial charge in [-0.15, -0.1) is 0 Å². The summed E-state index contributed by atoms with van der Waals surface area (Å²) in [6, 6.07) is 5.12. The molecule has 1 aromatic carbocycles. The van der Waals surface area contributed by atoms with Crippen molar-refractivity contribution >= 4 is 23.2 Å². The maximum atomic E-state index is 12.6. The lowest BCUT2D eigenvalue weighted by Crippen LogP contribution is -2.44. The Labute approximate surface area is 137 Å². The van der Waals surface area contributed by atoms with Gasteiger partial charge >= 0.3 is 0 Å². The van der Waals surface area contributed by atoms with Crippen LogP contribution in [-0.2, 0) is 9.59 Å². The molecule has 3 N–H and O–H groups in total. The van der Waals surface area contributed by atoms with E-state index in [4.69, 9.17) is 10.5 Å². The summed E-state index contributed by atoms with van der Waals surface area (Å²) in [6.07, 6.45) is 0.248. The van der Waals surface area contributed by atoms with E-state index in [0.29, 0.717) is 30.3 Å². The van der Waals surface area contributed by atoms with E-state index in [-0.39, 0.29) is 24.3 Å². The Hall–Kier alpha value is -2.08. The van der Waals surface area contributed by atoms with Crippen LogP contribution in [-0.4, -0.2) is 31.0 Å². The number of nitrogens with one attached hydrogen (secondary N) is 1. The molecule has 1 aromatic rings. The van der Waals surface area contributed by atoms with Crippen molar-refractivity contribution in [2.24, 2.45) is 11.1 Å². The van der Waals surface area contributed by atoms with E-state index in [2.05, 4.69) is 5.32 Å². The van der Waals surface area contributed by atoms with Crippen molar-refractivity contribution in [1.82, 2.24) is 0 Å². The van der Waals surface area contributed by atoms with Gasteiger partial charge in [-0.1, -0.05) is 20.8 Å². The zero-order chi connectivity index (χ0) is 17.2. The predicted octanol–water partition coefficient (Wildman–Crippen LogP) is 2.13. The number of amides is 2. The van der Waals surface area contributed by atoms with Gasteiger partial charge in [-0.3, -0.25) is 9.59 Å². The zero-order valence-electron chi connectivity index (χ0n) is 14.2. The second-order valence-electron chi connectivity index (χ2n) is 6.97. The number of carbonyl (C=O) groups excluding carboxylic acids is 2. The van der Waals surface area contributed by atoms with Gasteiger partial charge in [0.05, 0.1) is 12.2 Å². The highest BCUT2D eigenvalue weighted by Crippen LogP contribution is 2.36. The molecule has 1 unspecified atom stereocenters. The minimum Gasteiger partial charge on any atom is -0.490 e. The first-order chi connectivity index (χ1) is 10.7. The Morgan fingerprint density at radius 1 is 1.39 bits per heavy atom. The molecule has 1 heterocycles. The molecule has 2 amide bonds. The van der Waals surface area contributed by atoms with E-state index in [1.165, 1.54) is 0 Å². The third kappa shape index (κ3) is 4.22. The third-order valence-corrected chi connectivity index (χ3v) is 3.50. The molecular formula is C17H25N3O3. The molecule has 0 saturated heterocycles. The molecule has 0 aromatic heterocycles. The first-order valence-electron chi connectivity index (χ1n) is 7.83. The molecule has 6 nitrogen and oxygen atoms in total. The minimum atomic E-state index is -0.483. The molecule has 0 saturated carbocycles. The van der Waals surface area contributed by atoms with Crippen molar-refractivity contribution in [3.63, 3.8) is 0 Å². The summed E-state index contributed by atoms with van der Waals surface area (Å²) in [5, 5.41) is 2.81. The van der Waals surface area contributed by atoms with Crippen molar-refractivity contribution in [2.75, 3.05) is 23.4 Å². The number of hydrogen-bond donors (Lipinski definition) is 2. The second-order valence-corrected chi connectivity index (χ2v) is 6.97. The third-order valence-electron chi connectivity index (χ3n) is 3.50. The van der Waals surface area contributed by atoms with E-state index < -0.39 is 5.41 Å². The number of benzene rings is 1. The summed E-state index contributed by atoms with van der Waals surface area (Å²) in [5.41, 5.74) is 6.47. The Balaban J connectivity index is 2.25. The Kier molecular flexibility index (Phi) is 4.94. The summed E-state index contributed by atoms with van der Waals surface area (Å²) in [6.45, 7) is 8.41. The zero-order valence-corrected chi connectivity index (χ0v) is 14.2. The normalized spacial score (nSPS) is 15.4. The van der Waals surface area contributed by atoms with Gasteiger partial charge in [-0.25, -0.2) is 0 Å². The number of ether oxygens (including phenoxy) is 1. The van der Waals surface area contributed by atoms with Crippen LogP contribution in [0, 0.1) is 5.41 Å². The van der Waals surface area contributed by atoms with Crippen LogP contribution in [0.2, 0.25) is 0 Å². The molecule has 1 aliphatic rings. The average molecular weight is 319 g/mol. The number of rotatable bonds is 3. The van der Waals surface area contributed by atoms with Crippen LogP contribution in [0.1, 0.15) is 34.1 Å². The van der Waals surface area contributed by atoms with Crippen LogP contribution >= 0.6 is 0 Å². The number of hydrogen-bond acceptors (Lipinski definition) is 4. The molecule has 126 valence electrons. The number of fused-ring (bicyclic) bond motifs is 1. The first-order valence-corrected chi connectivity index (χ1v) is 7.83. The van der Waals surface area contributed by atoms with Crippen molar-refractivity contribution in [2.45, 2.75) is 40.2 Å². The predicted molar refractivity (Wildman–Crippen MR) is 90.6 cm³/mol. The van der Waals surface area contributed by atoms with Gasteiger partial charge in [0.1, 0.15) is 12.4 Å². The van der Waals surface area contributed by atoms with Crippen molar-refractivity contribution in [3.05, 3.63) is 18.2 Å². The molecule has 0 spiro atoms. The number of nitrogens with zero attached hydrogens (tertiary/aromatic N) is 1. The number of anilines is 2. The van der Waals surface area contributed by atoms with Gasteiger partial charge in [0.15, 0.2) is 0 Å². The maximum Gasteiger partial charge on any atom is 0.232 e. The van der Waals surface area contributed by atoms with Crippen LogP contribution < -0.4 is 20.7 Å². The van der Waals surface area contributed by atoms with E-state index in [1.807, 2.05) is 20.8 Å². The molecule has 1 aliphatic heterocycles. The fraction of sp³-hybridized carbons (Fsp3) is 0.529. The van der Waals surface area contributed by atoms with Crippen LogP contribution in [0.4, 0.5) is 11.4 Å². The summed E-state index contributed by atoms with van der Waals surface area (Å²) in [5.74, 6) is 0.533. The molecule has 0 bridgehead atoms. The van der Waals surface area contributed by atoms with Crippen molar-refractivity contribution in [1.29, 1.82) is 0 Å². The van der Waals surface area contributed by atoms with Gasteiger partial charge in [0, 0.05) is 23.6 Å². The monoisotopic (exact) mass is 319 g/mol. The van der Waals surface area contributed by atoms with Crippen molar-refractivity contribution in [3.8, 4) is 5.75 Å². The summed E-state index contributed by atoms with van der Waals surface area (Å²) in [4.78, 5) is 26.2. The Bertz CT molecular complexity index is 606. The topological polar surface area (TPSA) is 84.7 Å². The highest BCUT2D eigenvalue weighted by molar-refractivity contribution is 6.00. The number of nitrogens with two attached hydrogens (primary N) is 1. The van der Waals surface area contributed by atoms with Crippen molar-refractivity contribution < 1.29 is 14.3 Å². The quantitative estimate of drug-likeness (QED) is 0.894. The van der Waals surface area contributed by atoms with E-state index in [1.54, 1.807) is 30.0 Å².